The molecule has 0 spiro atoms. The highest BCUT2D eigenvalue weighted by molar-refractivity contribution is 5.36. The highest BCUT2D eigenvalue weighted by atomic mass is 19.1. The van der Waals surface area contributed by atoms with Crippen molar-refractivity contribution in [3.05, 3.63) is 47.8 Å². The van der Waals surface area contributed by atoms with Crippen LogP contribution in [0.15, 0.2) is 34.9 Å². The van der Waals surface area contributed by atoms with Gasteiger partial charge in [0.2, 0.25) is 0 Å². The Kier molecular flexibility index (Phi) is 2.90. The first-order chi connectivity index (χ1) is 7.65. The number of anilines is 1. The van der Waals surface area contributed by atoms with E-state index >= 15 is 0 Å². The Labute approximate surface area is 93.3 Å². The Hall–Kier alpha value is -1.84. The molecule has 84 valence electrons. The summed E-state index contributed by atoms with van der Waals surface area (Å²) in [6.07, 6.45) is 1.18. The SMILES string of the molecule is Cc1ccc(C(C)Nc2ccc(F)cn2)o1. The van der Waals surface area contributed by atoms with E-state index in [1.165, 1.54) is 12.3 Å². The largest absolute Gasteiger partial charge is 0.464 e. The third-order valence-corrected chi connectivity index (χ3v) is 2.28. The molecule has 1 N–H and O–H groups in total. The fourth-order valence-corrected chi connectivity index (χ4v) is 1.44. The van der Waals surface area contributed by atoms with Gasteiger partial charge in [0.25, 0.3) is 0 Å². The Bertz CT molecular complexity index is 464. The van der Waals surface area contributed by atoms with Crippen molar-refractivity contribution in [2.45, 2.75) is 19.9 Å². The topological polar surface area (TPSA) is 38.1 Å². The van der Waals surface area contributed by atoms with E-state index in [2.05, 4.69) is 10.3 Å². The third-order valence-electron chi connectivity index (χ3n) is 2.28. The quantitative estimate of drug-likeness (QED) is 0.862. The molecular weight excluding hydrogens is 207 g/mol. The zero-order chi connectivity index (χ0) is 11.5. The molecule has 0 bridgehead atoms. The number of pyridine rings is 1. The number of nitrogens with zero attached hydrogens (tertiary/aromatic N) is 1. The van der Waals surface area contributed by atoms with Crippen molar-refractivity contribution in [2.75, 3.05) is 5.32 Å². The summed E-state index contributed by atoms with van der Waals surface area (Å²) in [7, 11) is 0. The Morgan fingerprint density at radius 1 is 1.31 bits per heavy atom. The van der Waals surface area contributed by atoms with E-state index in [1.807, 2.05) is 26.0 Å². The molecule has 0 aliphatic rings. The van der Waals surface area contributed by atoms with Crippen LogP contribution < -0.4 is 5.32 Å². The highest BCUT2D eigenvalue weighted by Crippen LogP contribution is 2.19. The molecule has 1 unspecified atom stereocenters. The van der Waals surface area contributed by atoms with E-state index in [4.69, 9.17) is 4.42 Å². The van der Waals surface area contributed by atoms with Crippen molar-refractivity contribution >= 4 is 5.82 Å². The predicted octanol–water partition coefficient (Wildman–Crippen LogP) is 3.30. The molecule has 2 aromatic rings. The lowest BCUT2D eigenvalue weighted by Crippen LogP contribution is -2.06. The van der Waals surface area contributed by atoms with Crippen LogP contribution in [-0.4, -0.2) is 4.98 Å². The molecule has 1 atom stereocenters. The zero-order valence-corrected chi connectivity index (χ0v) is 9.20. The maximum atomic E-state index is 12.6. The van der Waals surface area contributed by atoms with Gasteiger partial charge in [-0.1, -0.05) is 0 Å². The number of nitrogens with one attached hydrogen (secondary N) is 1. The van der Waals surface area contributed by atoms with Gasteiger partial charge in [0.05, 0.1) is 12.2 Å². The number of rotatable bonds is 3. The smallest absolute Gasteiger partial charge is 0.141 e. The fourth-order valence-electron chi connectivity index (χ4n) is 1.44. The van der Waals surface area contributed by atoms with Gasteiger partial charge in [-0.05, 0) is 38.1 Å². The van der Waals surface area contributed by atoms with Crippen LogP contribution in [0.25, 0.3) is 0 Å². The van der Waals surface area contributed by atoms with Crippen LogP contribution >= 0.6 is 0 Å². The minimum Gasteiger partial charge on any atom is -0.464 e. The minimum atomic E-state index is -0.341. The fraction of sp³-hybridized carbons (Fsp3) is 0.250. The van der Waals surface area contributed by atoms with Gasteiger partial charge in [-0.3, -0.25) is 0 Å². The molecule has 0 saturated carbocycles. The Morgan fingerprint density at radius 3 is 2.69 bits per heavy atom. The Morgan fingerprint density at radius 2 is 2.12 bits per heavy atom. The molecule has 0 aromatic carbocycles. The van der Waals surface area contributed by atoms with Crippen molar-refractivity contribution in [3.8, 4) is 0 Å². The van der Waals surface area contributed by atoms with Gasteiger partial charge >= 0.3 is 0 Å². The summed E-state index contributed by atoms with van der Waals surface area (Å²) >= 11 is 0. The summed E-state index contributed by atoms with van der Waals surface area (Å²) in [5, 5.41) is 3.13. The summed E-state index contributed by atoms with van der Waals surface area (Å²) in [6, 6.07) is 6.80. The molecule has 0 aliphatic carbocycles. The number of halogens is 1. The van der Waals surface area contributed by atoms with Crippen LogP contribution in [0.2, 0.25) is 0 Å². The Balaban J connectivity index is 2.07. The number of furan rings is 1. The lowest BCUT2D eigenvalue weighted by atomic mass is 10.2. The van der Waals surface area contributed by atoms with E-state index in [0.29, 0.717) is 5.82 Å². The summed E-state index contributed by atoms with van der Waals surface area (Å²) in [5.74, 6) is 1.99. The van der Waals surface area contributed by atoms with Crippen LogP contribution in [0.3, 0.4) is 0 Å². The molecule has 0 saturated heterocycles. The lowest BCUT2D eigenvalue weighted by Gasteiger charge is -2.11. The van der Waals surface area contributed by atoms with Gasteiger partial charge < -0.3 is 9.73 Å². The third kappa shape index (κ3) is 2.39. The second kappa shape index (κ2) is 4.35. The molecule has 0 aliphatic heterocycles. The zero-order valence-electron chi connectivity index (χ0n) is 9.20. The van der Waals surface area contributed by atoms with Crippen LogP contribution in [-0.2, 0) is 0 Å². The highest BCUT2D eigenvalue weighted by Gasteiger charge is 2.09. The van der Waals surface area contributed by atoms with Gasteiger partial charge in [0.15, 0.2) is 0 Å². The van der Waals surface area contributed by atoms with Crippen molar-refractivity contribution in [3.63, 3.8) is 0 Å². The maximum Gasteiger partial charge on any atom is 0.141 e. The van der Waals surface area contributed by atoms with Gasteiger partial charge in [-0.2, -0.15) is 0 Å². The number of aromatic nitrogens is 1. The molecule has 0 radical (unpaired) electrons. The van der Waals surface area contributed by atoms with E-state index < -0.39 is 0 Å². The average Bonchev–Trinajstić information content (AvgIpc) is 2.68. The van der Waals surface area contributed by atoms with Crippen LogP contribution in [0.1, 0.15) is 24.5 Å². The molecule has 2 heterocycles. The van der Waals surface area contributed by atoms with Crippen LogP contribution in [0, 0.1) is 12.7 Å². The average molecular weight is 220 g/mol. The summed E-state index contributed by atoms with van der Waals surface area (Å²) < 4.78 is 18.1. The van der Waals surface area contributed by atoms with E-state index in [9.17, 15) is 4.39 Å². The summed E-state index contributed by atoms with van der Waals surface area (Å²) in [6.45, 7) is 3.86. The molecular formula is C12H13FN2O. The van der Waals surface area contributed by atoms with Crippen molar-refractivity contribution in [2.24, 2.45) is 0 Å². The molecule has 4 heteroatoms. The standard InChI is InChI=1S/C12H13FN2O/c1-8-3-5-11(16-8)9(2)15-12-6-4-10(13)7-14-12/h3-7,9H,1-2H3,(H,14,15). The molecule has 0 amide bonds. The molecule has 0 fully saturated rings. The van der Waals surface area contributed by atoms with Crippen molar-refractivity contribution < 1.29 is 8.81 Å². The maximum absolute atomic E-state index is 12.6. The molecule has 2 rings (SSSR count). The van der Waals surface area contributed by atoms with Gasteiger partial charge in [-0.15, -0.1) is 0 Å². The van der Waals surface area contributed by atoms with Gasteiger partial charge in [0, 0.05) is 0 Å². The summed E-state index contributed by atoms with van der Waals surface area (Å²) in [4.78, 5) is 3.92. The van der Waals surface area contributed by atoms with Crippen LogP contribution in [0.5, 0.6) is 0 Å². The van der Waals surface area contributed by atoms with Crippen molar-refractivity contribution in [1.29, 1.82) is 0 Å². The molecule has 2 aromatic heterocycles. The normalized spacial score (nSPS) is 12.4. The second-order valence-electron chi connectivity index (χ2n) is 3.68. The number of hydrogen-bond donors (Lipinski definition) is 1. The van der Waals surface area contributed by atoms with Crippen LogP contribution in [0.4, 0.5) is 10.2 Å². The van der Waals surface area contributed by atoms with Gasteiger partial charge in [0.1, 0.15) is 23.2 Å². The first-order valence-corrected chi connectivity index (χ1v) is 5.09. The predicted molar refractivity (Wildman–Crippen MR) is 59.7 cm³/mol. The van der Waals surface area contributed by atoms with Crippen molar-refractivity contribution in [1.82, 2.24) is 4.98 Å². The monoisotopic (exact) mass is 220 g/mol. The van der Waals surface area contributed by atoms with E-state index in [0.717, 1.165) is 11.5 Å². The molecule has 16 heavy (non-hydrogen) atoms. The minimum absolute atomic E-state index is 0.00617. The van der Waals surface area contributed by atoms with E-state index in [1.54, 1.807) is 6.07 Å². The summed E-state index contributed by atoms with van der Waals surface area (Å²) in [5.41, 5.74) is 0. The first-order valence-electron chi connectivity index (χ1n) is 5.09. The lowest BCUT2D eigenvalue weighted by molar-refractivity contribution is 0.466. The number of aryl methyl sites for hydroxylation is 1. The first kappa shape index (κ1) is 10.7. The van der Waals surface area contributed by atoms with Gasteiger partial charge in [-0.25, -0.2) is 9.37 Å². The number of hydrogen-bond acceptors (Lipinski definition) is 3. The van der Waals surface area contributed by atoms with E-state index in [-0.39, 0.29) is 11.9 Å². The molecule has 3 nitrogen and oxygen atoms in total. The second-order valence-corrected chi connectivity index (χ2v) is 3.68.